The van der Waals surface area contributed by atoms with Crippen LogP contribution in [0.4, 0.5) is 11.4 Å². The number of anilines is 2. The molecule has 2 aromatic rings. The van der Waals surface area contributed by atoms with E-state index >= 15 is 0 Å². The summed E-state index contributed by atoms with van der Waals surface area (Å²) < 4.78 is 31.3. The molecule has 1 fully saturated rings. The number of nitrogens with one attached hydrogen (secondary N) is 1. The molecular formula is C24H31N3O5S. The van der Waals surface area contributed by atoms with Crippen molar-refractivity contribution in [2.24, 2.45) is 0 Å². The van der Waals surface area contributed by atoms with Gasteiger partial charge < -0.3 is 15.0 Å². The zero-order valence-corrected chi connectivity index (χ0v) is 20.2. The Bertz CT molecular complexity index is 1110. The molecule has 1 saturated heterocycles. The Kier molecular flexibility index (Phi) is 8.10. The number of nitrogens with zero attached hydrogens (tertiary/aromatic N) is 2. The van der Waals surface area contributed by atoms with Crippen LogP contribution in [0.1, 0.15) is 34.3 Å². The maximum Gasteiger partial charge on any atom is 0.256 e. The van der Waals surface area contributed by atoms with Crippen molar-refractivity contribution in [1.82, 2.24) is 4.90 Å². The zero-order valence-electron chi connectivity index (χ0n) is 19.3. The number of morpholine rings is 1. The molecule has 0 spiro atoms. The van der Waals surface area contributed by atoms with Crippen molar-refractivity contribution in [3.8, 4) is 0 Å². The predicted octanol–water partition coefficient (Wildman–Crippen LogP) is 2.96. The first kappa shape index (κ1) is 24.7. The van der Waals surface area contributed by atoms with Crippen molar-refractivity contribution in [2.45, 2.75) is 26.7 Å². The van der Waals surface area contributed by atoms with Gasteiger partial charge >= 0.3 is 0 Å². The van der Waals surface area contributed by atoms with Crippen LogP contribution in [0.25, 0.3) is 0 Å². The van der Waals surface area contributed by atoms with Crippen molar-refractivity contribution in [2.75, 3.05) is 48.7 Å². The Morgan fingerprint density at radius 3 is 2.42 bits per heavy atom. The predicted molar refractivity (Wildman–Crippen MR) is 129 cm³/mol. The highest BCUT2D eigenvalue weighted by Crippen LogP contribution is 2.22. The Hall–Kier alpha value is -2.91. The second-order valence-electron chi connectivity index (χ2n) is 8.21. The smallest absolute Gasteiger partial charge is 0.256 e. The molecule has 1 N–H and O–H groups in total. The zero-order chi connectivity index (χ0) is 24.0. The van der Waals surface area contributed by atoms with Gasteiger partial charge in [0.1, 0.15) is 0 Å². The van der Waals surface area contributed by atoms with Crippen LogP contribution in [0, 0.1) is 13.8 Å². The molecule has 0 aliphatic carbocycles. The summed E-state index contributed by atoms with van der Waals surface area (Å²) in [4.78, 5) is 27.2. The fraction of sp³-hybridized carbons (Fsp3) is 0.417. The average molecular weight is 474 g/mol. The number of hydrogen-bond donors (Lipinski definition) is 1. The molecule has 1 aliphatic rings. The lowest BCUT2D eigenvalue weighted by atomic mass is 10.1. The number of benzene rings is 2. The fourth-order valence-electron chi connectivity index (χ4n) is 3.68. The molecule has 1 heterocycles. The third-order valence-corrected chi connectivity index (χ3v) is 6.87. The molecule has 8 nitrogen and oxygen atoms in total. The average Bonchev–Trinajstić information content (AvgIpc) is 2.78. The molecule has 1 aliphatic heterocycles. The van der Waals surface area contributed by atoms with Gasteiger partial charge in [-0.2, -0.15) is 0 Å². The largest absolute Gasteiger partial charge is 0.378 e. The minimum atomic E-state index is -3.49. The Balaban J connectivity index is 1.63. The van der Waals surface area contributed by atoms with E-state index in [9.17, 15) is 18.0 Å². The quantitative estimate of drug-likeness (QED) is 0.636. The molecular weight excluding hydrogens is 442 g/mol. The SMILES string of the molecule is Cc1ccc(N(CCCC(=O)Nc2ccccc2C(=O)N2CCOCC2)S(C)(=O)=O)cc1C. The van der Waals surface area contributed by atoms with Crippen LogP contribution in [0.2, 0.25) is 0 Å². The van der Waals surface area contributed by atoms with Crippen molar-refractivity contribution >= 4 is 33.2 Å². The van der Waals surface area contributed by atoms with Crippen LogP contribution in [0.15, 0.2) is 42.5 Å². The van der Waals surface area contributed by atoms with Crippen LogP contribution >= 0.6 is 0 Å². The van der Waals surface area contributed by atoms with Crippen molar-refractivity contribution in [3.63, 3.8) is 0 Å². The molecule has 0 bridgehead atoms. The lowest BCUT2D eigenvalue weighted by molar-refractivity contribution is -0.116. The summed E-state index contributed by atoms with van der Waals surface area (Å²) in [7, 11) is -3.49. The van der Waals surface area contributed by atoms with E-state index in [1.165, 1.54) is 4.31 Å². The second-order valence-corrected chi connectivity index (χ2v) is 10.1. The van der Waals surface area contributed by atoms with Gasteiger partial charge in [0.05, 0.1) is 36.4 Å². The summed E-state index contributed by atoms with van der Waals surface area (Å²) in [5.41, 5.74) is 3.55. The van der Waals surface area contributed by atoms with Gasteiger partial charge in [0.2, 0.25) is 15.9 Å². The molecule has 0 radical (unpaired) electrons. The van der Waals surface area contributed by atoms with Gasteiger partial charge in [0.25, 0.3) is 5.91 Å². The minimum Gasteiger partial charge on any atom is -0.378 e. The topological polar surface area (TPSA) is 96.0 Å². The van der Waals surface area contributed by atoms with E-state index in [2.05, 4.69) is 5.32 Å². The van der Waals surface area contributed by atoms with E-state index in [0.717, 1.165) is 17.4 Å². The molecule has 178 valence electrons. The molecule has 2 aromatic carbocycles. The number of aryl methyl sites for hydroxylation is 2. The minimum absolute atomic E-state index is 0.122. The number of rotatable bonds is 8. The highest BCUT2D eigenvalue weighted by molar-refractivity contribution is 7.92. The summed E-state index contributed by atoms with van der Waals surface area (Å²) in [5, 5.41) is 2.81. The molecule has 33 heavy (non-hydrogen) atoms. The molecule has 0 saturated carbocycles. The van der Waals surface area contributed by atoms with E-state index < -0.39 is 10.0 Å². The summed E-state index contributed by atoms with van der Waals surface area (Å²) in [5.74, 6) is -0.419. The van der Waals surface area contributed by atoms with Gasteiger partial charge in [0.15, 0.2) is 0 Å². The van der Waals surface area contributed by atoms with Gasteiger partial charge in [-0.05, 0) is 55.7 Å². The molecule has 9 heteroatoms. The summed E-state index contributed by atoms with van der Waals surface area (Å²) in [6.07, 6.45) is 1.62. The molecule has 0 atom stereocenters. The number of hydrogen-bond acceptors (Lipinski definition) is 5. The summed E-state index contributed by atoms with van der Waals surface area (Å²) in [6.45, 7) is 6.11. The van der Waals surface area contributed by atoms with E-state index in [4.69, 9.17) is 4.74 Å². The second kappa shape index (κ2) is 10.8. The standard InChI is InChI=1S/C24H31N3O5S/c1-18-10-11-20(17-19(18)2)27(33(3,30)31)12-6-9-23(28)25-22-8-5-4-7-21(22)24(29)26-13-15-32-16-14-26/h4-5,7-8,10-11,17H,6,9,12-16H2,1-3H3,(H,25,28). The lowest BCUT2D eigenvalue weighted by Crippen LogP contribution is -2.41. The van der Waals surface area contributed by atoms with Gasteiger partial charge in [0, 0.05) is 26.1 Å². The van der Waals surface area contributed by atoms with Crippen LogP contribution in [-0.4, -0.2) is 64.2 Å². The first-order chi connectivity index (χ1) is 15.7. The van der Waals surface area contributed by atoms with Gasteiger partial charge in [-0.15, -0.1) is 0 Å². The van der Waals surface area contributed by atoms with Crippen LogP contribution in [-0.2, 0) is 19.6 Å². The number of sulfonamides is 1. The van der Waals surface area contributed by atoms with Crippen molar-refractivity contribution < 1.29 is 22.7 Å². The van der Waals surface area contributed by atoms with Crippen LogP contribution < -0.4 is 9.62 Å². The first-order valence-corrected chi connectivity index (χ1v) is 12.8. The highest BCUT2D eigenvalue weighted by Gasteiger charge is 2.22. The first-order valence-electron chi connectivity index (χ1n) is 11.0. The maximum absolute atomic E-state index is 12.9. The third-order valence-electron chi connectivity index (χ3n) is 5.67. The summed E-state index contributed by atoms with van der Waals surface area (Å²) >= 11 is 0. The normalized spacial score (nSPS) is 14.1. The number of amides is 2. The third kappa shape index (κ3) is 6.55. The van der Waals surface area contributed by atoms with Crippen LogP contribution in [0.3, 0.4) is 0 Å². The van der Waals surface area contributed by atoms with Gasteiger partial charge in [-0.3, -0.25) is 13.9 Å². The van der Waals surface area contributed by atoms with E-state index in [1.54, 1.807) is 35.2 Å². The maximum atomic E-state index is 12.9. The van der Waals surface area contributed by atoms with Crippen molar-refractivity contribution in [1.29, 1.82) is 0 Å². The monoisotopic (exact) mass is 473 g/mol. The van der Waals surface area contributed by atoms with Crippen LogP contribution in [0.5, 0.6) is 0 Å². The molecule has 0 aromatic heterocycles. The number of para-hydroxylation sites is 1. The lowest BCUT2D eigenvalue weighted by Gasteiger charge is -2.27. The van der Waals surface area contributed by atoms with E-state index in [0.29, 0.717) is 49.7 Å². The van der Waals surface area contributed by atoms with E-state index in [-0.39, 0.29) is 24.8 Å². The number of carbonyl (C=O) groups excluding carboxylic acids is 2. The van der Waals surface area contributed by atoms with Gasteiger partial charge in [-0.1, -0.05) is 18.2 Å². The summed E-state index contributed by atoms with van der Waals surface area (Å²) in [6, 6.07) is 12.4. The Labute approximate surface area is 195 Å². The van der Waals surface area contributed by atoms with Crippen molar-refractivity contribution in [3.05, 3.63) is 59.2 Å². The highest BCUT2D eigenvalue weighted by atomic mass is 32.2. The Morgan fingerprint density at radius 2 is 1.76 bits per heavy atom. The van der Waals surface area contributed by atoms with E-state index in [1.807, 2.05) is 26.0 Å². The number of ether oxygens (including phenoxy) is 1. The number of carbonyl (C=O) groups is 2. The Morgan fingerprint density at radius 1 is 1.06 bits per heavy atom. The molecule has 0 unspecified atom stereocenters. The molecule has 3 rings (SSSR count). The molecule has 2 amide bonds. The fourth-order valence-corrected chi connectivity index (χ4v) is 4.64. The van der Waals surface area contributed by atoms with Gasteiger partial charge in [-0.25, -0.2) is 8.42 Å².